The molecule has 31 heavy (non-hydrogen) atoms. The van der Waals surface area contributed by atoms with Gasteiger partial charge in [-0.3, -0.25) is 14.6 Å². The Labute approximate surface area is 190 Å². The number of hydrogen-bond donors (Lipinski definition) is 2. The average molecular weight is 461 g/mol. The highest BCUT2D eigenvalue weighted by atomic mass is 35.5. The number of halogens is 2. The van der Waals surface area contributed by atoms with Crippen LogP contribution >= 0.6 is 23.2 Å². The number of nitrogens with two attached hydrogens (primary N) is 1. The van der Waals surface area contributed by atoms with Crippen molar-refractivity contribution in [2.75, 3.05) is 32.4 Å². The molecule has 4 rings (SSSR count). The summed E-state index contributed by atoms with van der Waals surface area (Å²) >= 11 is 12.0. The zero-order chi connectivity index (χ0) is 22.1. The van der Waals surface area contributed by atoms with Crippen LogP contribution in [0.15, 0.2) is 35.6 Å². The van der Waals surface area contributed by atoms with Gasteiger partial charge in [-0.1, -0.05) is 23.2 Å². The molecule has 1 saturated heterocycles. The monoisotopic (exact) mass is 460 g/mol. The van der Waals surface area contributed by atoms with E-state index >= 15 is 0 Å². The van der Waals surface area contributed by atoms with Gasteiger partial charge in [-0.15, -0.1) is 0 Å². The summed E-state index contributed by atoms with van der Waals surface area (Å²) in [6.07, 6.45) is 4.14. The number of pyridine rings is 1. The van der Waals surface area contributed by atoms with Crippen molar-refractivity contribution in [3.8, 4) is 0 Å². The summed E-state index contributed by atoms with van der Waals surface area (Å²) in [5, 5.41) is 9.84. The zero-order valence-electron chi connectivity index (χ0n) is 16.9. The van der Waals surface area contributed by atoms with Crippen LogP contribution in [0.2, 0.25) is 10.0 Å². The Hall–Kier alpha value is -2.84. The van der Waals surface area contributed by atoms with Gasteiger partial charge in [-0.05, 0) is 36.2 Å². The summed E-state index contributed by atoms with van der Waals surface area (Å²) in [7, 11) is 1.89. The largest absolute Gasteiger partial charge is 0.383 e. The van der Waals surface area contributed by atoms with Gasteiger partial charge >= 0.3 is 0 Å². The molecule has 1 unspecified atom stereocenters. The highest BCUT2D eigenvalue weighted by Crippen LogP contribution is 2.24. The van der Waals surface area contributed by atoms with Crippen molar-refractivity contribution in [1.29, 1.82) is 0 Å². The first-order chi connectivity index (χ1) is 14.8. The Morgan fingerprint density at radius 3 is 2.58 bits per heavy atom. The van der Waals surface area contributed by atoms with Crippen molar-refractivity contribution < 1.29 is 9.59 Å². The lowest BCUT2D eigenvalue weighted by Gasteiger charge is -2.18. The van der Waals surface area contributed by atoms with Crippen molar-refractivity contribution in [3.63, 3.8) is 0 Å². The van der Waals surface area contributed by atoms with Gasteiger partial charge in [-0.25, -0.2) is 4.98 Å². The third-order valence-corrected chi connectivity index (χ3v) is 5.87. The Kier molecular flexibility index (Phi) is 6.02. The number of carbonyl (C=O) groups is 2. The van der Waals surface area contributed by atoms with Crippen molar-refractivity contribution in [1.82, 2.24) is 20.2 Å². The quantitative estimate of drug-likeness (QED) is 0.729. The molecule has 10 heteroatoms. The lowest BCUT2D eigenvalue weighted by Crippen LogP contribution is -2.38. The fourth-order valence-corrected chi connectivity index (χ4v) is 4.35. The number of nitrogens with one attached hydrogen (secondary N) is 1. The number of rotatable bonds is 4. The van der Waals surface area contributed by atoms with Gasteiger partial charge in [0.05, 0.1) is 5.56 Å². The number of hydrazone groups is 1. The standard InChI is InChI=1S/C21H22Cl2N6O2/c1-28-10-14(9-26-28)13-6-18(19(24)25-8-13)20(30)27-17-2-3-29(11-17)21(31)12-4-15(22)7-16(23)5-12/h4-9,14,17H,2-3,10-11H2,1H3,(H2,24,25)(H,27,30)/t14?,17-/m0/s1. The molecule has 2 atom stereocenters. The number of amides is 2. The van der Waals surface area contributed by atoms with Crippen molar-refractivity contribution in [2.45, 2.75) is 18.4 Å². The maximum absolute atomic E-state index is 12.9. The Morgan fingerprint density at radius 1 is 1.16 bits per heavy atom. The first-order valence-electron chi connectivity index (χ1n) is 9.87. The van der Waals surface area contributed by atoms with E-state index in [0.717, 1.165) is 12.1 Å². The van der Waals surface area contributed by atoms with Crippen LogP contribution in [0.4, 0.5) is 5.82 Å². The van der Waals surface area contributed by atoms with Crippen LogP contribution in [-0.4, -0.2) is 65.6 Å². The average Bonchev–Trinajstić information content (AvgIpc) is 3.36. The van der Waals surface area contributed by atoms with E-state index in [1.165, 1.54) is 0 Å². The number of nitrogens with zero attached hydrogens (tertiary/aromatic N) is 4. The van der Waals surface area contributed by atoms with Gasteiger partial charge in [0.15, 0.2) is 0 Å². The molecule has 1 aromatic heterocycles. The van der Waals surface area contributed by atoms with Gasteiger partial charge in [0, 0.05) is 66.7 Å². The Balaban J connectivity index is 1.42. The number of anilines is 1. The molecular weight excluding hydrogens is 439 g/mol. The molecule has 0 radical (unpaired) electrons. The molecule has 2 aromatic rings. The van der Waals surface area contributed by atoms with Crippen LogP contribution in [0.25, 0.3) is 0 Å². The van der Waals surface area contributed by atoms with Crippen LogP contribution in [-0.2, 0) is 0 Å². The predicted molar refractivity (Wildman–Crippen MR) is 121 cm³/mol. The maximum atomic E-state index is 12.9. The van der Waals surface area contributed by atoms with Crippen LogP contribution in [0, 0.1) is 0 Å². The minimum absolute atomic E-state index is 0.0637. The molecule has 0 spiro atoms. The molecule has 8 nitrogen and oxygen atoms in total. The van der Waals surface area contributed by atoms with E-state index in [2.05, 4.69) is 15.4 Å². The van der Waals surface area contributed by atoms with Crippen LogP contribution in [0.5, 0.6) is 0 Å². The van der Waals surface area contributed by atoms with Crippen molar-refractivity contribution in [3.05, 3.63) is 57.2 Å². The maximum Gasteiger partial charge on any atom is 0.255 e. The molecule has 0 bridgehead atoms. The third kappa shape index (κ3) is 4.75. The summed E-state index contributed by atoms with van der Waals surface area (Å²) in [6, 6.07) is 6.33. The van der Waals surface area contributed by atoms with Crippen molar-refractivity contribution in [2.24, 2.45) is 5.10 Å². The van der Waals surface area contributed by atoms with Gasteiger partial charge in [0.1, 0.15) is 5.82 Å². The second-order valence-corrected chi connectivity index (χ2v) is 8.65. The third-order valence-electron chi connectivity index (χ3n) is 5.44. The summed E-state index contributed by atoms with van der Waals surface area (Å²) in [5.41, 5.74) is 7.60. The molecule has 3 N–H and O–H groups in total. The topological polar surface area (TPSA) is 104 Å². The second-order valence-electron chi connectivity index (χ2n) is 7.78. The van der Waals surface area contributed by atoms with E-state index < -0.39 is 0 Å². The second kappa shape index (κ2) is 8.72. The lowest BCUT2D eigenvalue weighted by atomic mass is 10.0. The van der Waals surface area contributed by atoms with Gasteiger partial charge in [0.2, 0.25) is 0 Å². The molecule has 3 heterocycles. The first kappa shape index (κ1) is 21.4. The Bertz CT molecular complexity index is 1040. The van der Waals surface area contributed by atoms with E-state index in [4.69, 9.17) is 28.9 Å². The molecule has 162 valence electrons. The number of carbonyl (C=O) groups excluding carboxylic acids is 2. The number of hydrogen-bond acceptors (Lipinski definition) is 6. The van der Waals surface area contributed by atoms with E-state index in [0.29, 0.717) is 40.7 Å². The molecule has 2 amide bonds. The number of benzene rings is 1. The lowest BCUT2D eigenvalue weighted by molar-refractivity contribution is 0.0783. The van der Waals surface area contributed by atoms with E-state index in [1.807, 2.05) is 18.3 Å². The van der Waals surface area contributed by atoms with E-state index in [1.54, 1.807) is 35.4 Å². The minimum Gasteiger partial charge on any atom is -0.383 e. The van der Waals surface area contributed by atoms with Crippen LogP contribution < -0.4 is 11.1 Å². The predicted octanol–water partition coefficient (Wildman–Crippen LogP) is 2.63. The SMILES string of the molecule is CN1CC(c2cnc(N)c(C(=O)N[C@H]3CCN(C(=O)c4cc(Cl)cc(Cl)c4)C3)c2)C=N1. The molecular formula is C21H22Cl2N6O2. The molecule has 1 fully saturated rings. The number of likely N-dealkylation sites (tertiary alicyclic amines) is 1. The first-order valence-corrected chi connectivity index (χ1v) is 10.6. The smallest absolute Gasteiger partial charge is 0.255 e. The number of aromatic nitrogens is 1. The fourth-order valence-electron chi connectivity index (χ4n) is 3.83. The van der Waals surface area contributed by atoms with Gasteiger partial charge in [0.25, 0.3) is 11.8 Å². The number of nitrogen functional groups attached to an aromatic ring is 1. The summed E-state index contributed by atoms with van der Waals surface area (Å²) < 4.78 is 0. The summed E-state index contributed by atoms with van der Waals surface area (Å²) in [5.74, 6) is -0.244. The fraction of sp³-hybridized carbons (Fsp3) is 0.333. The minimum atomic E-state index is -0.305. The van der Waals surface area contributed by atoms with E-state index in [-0.39, 0.29) is 29.6 Å². The molecule has 1 aromatic carbocycles. The van der Waals surface area contributed by atoms with Crippen LogP contribution in [0.1, 0.15) is 38.6 Å². The van der Waals surface area contributed by atoms with Crippen LogP contribution in [0.3, 0.4) is 0 Å². The van der Waals surface area contributed by atoms with Gasteiger partial charge < -0.3 is 16.0 Å². The highest BCUT2D eigenvalue weighted by molar-refractivity contribution is 6.35. The normalized spacial score (nSPS) is 20.4. The molecule has 2 aliphatic rings. The molecule has 2 aliphatic heterocycles. The Morgan fingerprint density at radius 2 is 1.90 bits per heavy atom. The van der Waals surface area contributed by atoms with Crippen molar-refractivity contribution >= 4 is 47.0 Å². The summed E-state index contributed by atoms with van der Waals surface area (Å²) in [6.45, 7) is 1.63. The van der Waals surface area contributed by atoms with Gasteiger partial charge in [-0.2, -0.15) is 5.10 Å². The molecule has 0 saturated carbocycles. The zero-order valence-corrected chi connectivity index (χ0v) is 18.4. The summed E-state index contributed by atoms with van der Waals surface area (Å²) in [4.78, 5) is 31.5. The number of likely N-dealkylation sites (N-methyl/N-ethyl adjacent to an activating group) is 1. The highest BCUT2D eigenvalue weighted by Gasteiger charge is 2.29. The van der Waals surface area contributed by atoms with E-state index in [9.17, 15) is 9.59 Å². The molecule has 0 aliphatic carbocycles.